The molecular weight excluding hydrogens is 438 g/mol. The highest BCUT2D eigenvalue weighted by atomic mass is 35.5. The number of fused-ring (bicyclic) bond motifs is 3. The Morgan fingerprint density at radius 3 is 2.70 bits per heavy atom. The van der Waals surface area contributed by atoms with Crippen LogP contribution in [-0.4, -0.2) is 41.1 Å². The highest BCUT2D eigenvalue weighted by Gasteiger charge is 2.56. The lowest BCUT2D eigenvalue weighted by molar-refractivity contribution is -0.140. The summed E-state index contributed by atoms with van der Waals surface area (Å²) in [4.78, 5) is 27.7. The minimum absolute atomic E-state index is 0.000679. The third kappa shape index (κ3) is 4.63. The minimum Gasteiger partial charge on any atom is -0.508 e. The summed E-state index contributed by atoms with van der Waals surface area (Å²) in [7, 11) is 0. The van der Waals surface area contributed by atoms with Crippen LogP contribution < -0.4 is 0 Å². The fraction of sp³-hybridized carbons (Fsp3) is 0.556. The molecule has 1 aromatic carbocycles. The number of phenolic OH excluding ortho intramolecular Hbond substituents is 1. The van der Waals surface area contributed by atoms with Crippen LogP contribution in [0.15, 0.2) is 34.9 Å². The first-order valence-corrected chi connectivity index (χ1v) is 12.6. The molecule has 1 N–H and O–H groups in total. The number of allylic oxidation sites excluding steroid dienone is 2. The molecule has 2 amide bonds. The van der Waals surface area contributed by atoms with E-state index in [2.05, 4.69) is 13.8 Å². The number of hydrogen-bond donors (Lipinski definition) is 1. The molecule has 2 aliphatic heterocycles. The van der Waals surface area contributed by atoms with Crippen molar-refractivity contribution >= 4 is 29.5 Å². The minimum atomic E-state index is -0.253. The van der Waals surface area contributed by atoms with Gasteiger partial charge in [0.05, 0.1) is 29.6 Å². The Hall–Kier alpha value is -2.11. The van der Waals surface area contributed by atoms with E-state index in [4.69, 9.17) is 16.3 Å². The van der Waals surface area contributed by atoms with Crippen molar-refractivity contribution in [3.8, 4) is 5.75 Å². The van der Waals surface area contributed by atoms with Crippen molar-refractivity contribution in [2.75, 3.05) is 13.2 Å². The summed E-state index contributed by atoms with van der Waals surface area (Å²) in [6.07, 6.45) is 7.21. The van der Waals surface area contributed by atoms with Crippen molar-refractivity contribution < 1.29 is 19.4 Å². The summed E-state index contributed by atoms with van der Waals surface area (Å²) in [5.74, 6) is -0.246. The van der Waals surface area contributed by atoms with E-state index in [9.17, 15) is 14.7 Å². The van der Waals surface area contributed by atoms with E-state index in [1.54, 1.807) is 12.1 Å². The van der Waals surface area contributed by atoms with Gasteiger partial charge in [0.1, 0.15) is 5.75 Å². The first kappa shape index (κ1) is 24.0. The highest BCUT2D eigenvalue weighted by molar-refractivity contribution is 6.32. The Bertz CT molecular complexity index is 998. The third-order valence-corrected chi connectivity index (χ3v) is 7.61. The zero-order valence-corrected chi connectivity index (χ0v) is 20.5. The van der Waals surface area contributed by atoms with Gasteiger partial charge in [-0.3, -0.25) is 14.5 Å². The molecule has 0 unspecified atom stereocenters. The molecule has 0 aromatic heterocycles. The molecule has 0 saturated carbocycles. The van der Waals surface area contributed by atoms with E-state index in [0.29, 0.717) is 24.6 Å². The van der Waals surface area contributed by atoms with E-state index in [-0.39, 0.29) is 41.4 Å². The number of phenols is 1. The monoisotopic (exact) mass is 471 g/mol. The smallest absolute Gasteiger partial charge is 0.233 e. The maximum absolute atomic E-state index is 13.2. The van der Waals surface area contributed by atoms with Crippen molar-refractivity contribution in [2.24, 2.45) is 17.8 Å². The number of likely N-dealkylation sites (tertiary alicyclic amines) is 1. The number of rotatable bonds is 8. The molecule has 2 saturated heterocycles. The van der Waals surface area contributed by atoms with Crippen molar-refractivity contribution in [2.45, 2.75) is 65.4 Å². The average Bonchev–Trinajstić information content (AvgIpc) is 3.30. The molecule has 0 spiro atoms. The number of carbonyl (C=O) groups excluding carboxylic acids is 2. The largest absolute Gasteiger partial charge is 0.508 e. The molecular formula is C27H34ClNO4. The van der Waals surface area contributed by atoms with Crippen molar-refractivity contribution in [1.82, 2.24) is 4.90 Å². The summed E-state index contributed by atoms with van der Waals surface area (Å²) in [5.41, 5.74) is 4.71. The summed E-state index contributed by atoms with van der Waals surface area (Å²) in [5, 5.41) is 10.1. The molecule has 178 valence electrons. The summed E-state index contributed by atoms with van der Waals surface area (Å²) in [6, 6.07) is 5.00. The van der Waals surface area contributed by atoms with Crippen molar-refractivity contribution in [1.29, 1.82) is 0 Å². The van der Waals surface area contributed by atoms with Gasteiger partial charge in [-0.05, 0) is 68.4 Å². The van der Waals surface area contributed by atoms with Crippen LogP contribution in [0.5, 0.6) is 5.75 Å². The fourth-order valence-electron chi connectivity index (χ4n) is 5.85. The van der Waals surface area contributed by atoms with Crippen LogP contribution >= 0.6 is 11.6 Å². The van der Waals surface area contributed by atoms with Crippen molar-refractivity contribution in [3.63, 3.8) is 0 Å². The van der Waals surface area contributed by atoms with Gasteiger partial charge in [-0.2, -0.15) is 0 Å². The highest BCUT2D eigenvalue weighted by Crippen LogP contribution is 2.50. The van der Waals surface area contributed by atoms with E-state index in [1.807, 2.05) is 19.1 Å². The standard InChI is InChI=1S/C27H34ClNO4/c1-4-6-18-13-20-25(27(32)29(11-5-2)26(20)31)21-15-33-23(24(18)21)10-7-16(3)12-17-8-9-19(30)14-22(17)28/h8-9,12,14,20-21,23,25,30H,4-7,10-11,13,15H2,1-3H3/b16-12+/t20-,21+,23-,25-/m1/s1. The van der Waals surface area contributed by atoms with Crippen LogP contribution in [0.4, 0.5) is 0 Å². The predicted octanol–water partition coefficient (Wildman–Crippen LogP) is 5.76. The number of amides is 2. The zero-order valence-electron chi connectivity index (χ0n) is 19.8. The zero-order chi connectivity index (χ0) is 23.7. The molecule has 1 aromatic rings. The van der Waals surface area contributed by atoms with Gasteiger partial charge in [-0.1, -0.05) is 49.1 Å². The number of aromatic hydroxyl groups is 1. The Labute approximate surface area is 201 Å². The molecule has 0 bridgehead atoms. The van der Waals surface area contributed by atoms with E-state index < -0.39 is 0 Å². The molecule has 4 rings (SSSR count). The number of benzene rings is 1. The van der Waals surface area contributed by atoms with Gasteiger partial charge >= 0.3 is 0 Å². The van der Waals surface area contributed by atoms with Gasteiger partial charge in [-0.15, -0.1) is 0 Å². The van der Waals surface area contributed by atoms with Crippen LogP contribution in [-0.2, 0) is 14.3 Å². The molecule has 2 heterocycles. The Kier molecular flexibility index (Phi) is 7.30. The molecule has 2 fully saturated rings. The van der Waals surface area contributed by atoms with Crippen LogP contribution in [0.1, 0.15) is 64.9 Å². The number of nitrogens with zero attached hydrogens (tertiary/aromatic N) is 1. The molecule has 3 aliphatic rings. The van der Waals surface area contributed by atoms with Gasteiger partial charge in [0, 0.05) is 12.5 Å². The first-order valence-electron chi connectivity index (χ1n) is 12.2. The second-order valence-corrected chi connectivity index (χ2v) is 10.0. The molecule has 4 atom stereocenters. The third-order valence-electron chi connectivity index (χ3n) is 7.29. The van der Waals surface area contributed by atoms with E-state index >= 15 is 0 Å². The van der Waals surface area contributed by atoms with Crippen LogP contribution in [0, 0.1) is 17.8 Å². The maximum Gasteiger partial charge on any atom is 0.233 e. The lowest BCUT2D eigenvalue weighted by atomic mass is 9.68. The van der Waals surface area contributed by atoms with E-state index in [1.165, 1.54) is 21.6 Å². The molecule has 33 heavy (non-hydrogen) atoms. The van der Waals surface area contributed by atoms with Crippen LogP contribution in [0.3, 0.4) is 0 Å². The van der Waals surface area contributed by atoms with Gasteiger partial charge < -0.3 is 9.84 Å². The predicted molar refractivity (Wildman–Crippen MR) is 130 cm³/mol. The van der Waals surface area contributed by atoms with Gasteiger partial charge in [-0.25, -0.2) is 0 Å². The SMILES string of the molecule is CCCC1=C2[C@@H](CC/C(C)=C/c3ccc(O)cc3Cl)OC[C@@H]2[C@@H]2C(=O)N(CCC)C(=O)[C@@H]2C1. The number of hydrogen-bond acceptors (Lipinski definition) is 4. The molecule has 0 radical (unpaired) electrons. The number of imide groups is 1. The molecule has 6 heteroatoms. The van der Waals surface area contributed by atoms with Gasteiger partial charge in [0.15, 0.2) is 0 Å². The Morgan fingerprint density at radius 1 is 1.21 bits per heavy atom. The summed E-state index contributed by atoms with van der Waals surface area (Å²) < 4.78 is 6.28. The van der Waals surface area contributed by atoms with Gasteiger partial charge in [0.25, 0.3) is 0 Å². The fourth-order valence-corrected chi connectivity index (χ4v) is 6.08. The van der Waals surface area contributed by atoms with Crippen LogP contribution in [0.25, 0.3) is 6.08 Å². The quantitative estimate of drug-likeness (QED) is 0.387. The summed E-state index contributed by atoms with van der Waals surface area (Å²) in [6.45, 7) is 7.29. The normalized spacial score (nSPS) is 27.4. The first-order chi connectivity index (χ1) is 15.8. The topological polar surface area (TPSA) is 66.8 Å². The van der Waals surface area contributed by atoms with Crippen molar-refractivity contribution in [3.05, 3.63) is 45.5 Å². The second-order valence-electron chi connectivity index (χ2n) is 9.64. The van der Waals surface area contributed by atoms with Gasteiger partial charge in [0.2, 0.25) is 11.8 Å². The Balaban J connectivity index is 1.53. The van der Waals surface area contributed by atoms with E-state index in [0.717, 1.165) is 37.7 Å². The summed E-state index contributed by atoms with van der Waals surface area (Å²) >= 11 is 6.26. The lowest BCUT2D eigenvalue weighted by Gasteiger charge is -2.32. The Morgan fingerprint density at radius 2 is 2.00 bits per heavy atom. The average molecular weight is 472 g/mol. The molecule has 5 nitrogen and oxygen atoms in total. The number of ether oxygens (including phenoxy) is 1. The number of halogens is 1. The lowest BCUT2D eigenvalue weighted by Crippen LogP contribution is -2.34. The second kappa shape index (κ2) is 10.0. The number of carbonyl (C=O) groups is 2. The maximum atomic E-state index is 13.2. The van der Waals surface area contributed by atoms with Crippen LogP contribution in [0.2, 0.25) is 5.02 Å². The molecule has 1 aliphatic carbocycles.